The molecule has 160 valence electrons. The maximum absolute atomic E-state index is 13.6. The fourth-order valence-corrected chi connectivity index (χ4v) is 3.49. The number of nitrogens with zero attached hydrogens (tertiary/aromatic N) is 3. The zero-order chi connectivity index (χ0) is 21.7. The Bertz CT molecular complexity index is 916. The second-order valence-electron chi connectivity index (χ2n) is 7.30. The summed E-state index contributed by atoms with van der Waals surface area (Å²) in [5, 5.41) is 14.4. The van der Waals surface area contributed by atoms with E-state index in [0.29, 0.717) is 32.0 Å². The van der Waals surface area contributed by atoms with Gasteiger partial charge >= 0.3 is 0 Å². The van der Waals surface area contributed by atoms with E-state index < -0.39 is 10.8 Å². The standard InChI is InChI=1S/C21H25FN4O4/c1-24(2)20(15-4-3-5-17(22)12-15)14-23-21(27)16-6-7-18(19(13-16)26(28)29)25-8-10-30-11-9-25/h3-7,12-13,20H,8-11,14H2,1-2H3,(H,23,27)/t20-/m1/s1. The van der Waals surface area contributed by atoms with Gasteiger partial charge in [0.1, 0.15) is 11.5 Å². The lowest BCUT2D eigenvalue weighted by atomic mass is 10.1. The number of hydrogen-bond acceptors (Lipinski definition) is 6. The zero-order valence-electron chi connectivity index (χ0n) is 17.0. The van der Waals surface area contributed by atoms with E-state index in [0.717, 1.165) is 5.56 Å². The van der Waals surface area contributed by atoms with Crippen molar-refractivity contribution in [2.75, 3.05) is 51.8 Å². The molecule has 0 bridgehead atoms. The van der Waals surface area contributed by atoms with Crippen LogP contribution in [0.15, 0.2) is 42.5 Å². The van der Waals surface area contributed by atoms with E-state index in [1.54, 1.807) is 24.3 Å². The number of halogens is 1. The number of benzene rings is 2. The smallest absolute Gasteiger partial charge is 0.293 e. The number of amides is 1. The zero-order valence-corrected chi connectivity index (χ0v) is 17.0. The molecular formula is C21H25FN4O4. The molecule has 1 aliphatic rings. The van der Waals surface area contributed by atoms with Crippen LogP contribution in [0, 0.1) is 15.9 Å². The van der Waals surface area contributed by atoms with Crippen molar-refractivity contribution in [1.82, 2.24) is 10.2 Å². The SMILES string of the molecule is CN(C)[C@H](CNC(=O)c1ccc(N2CCOCC2)c([N+](=O)[O-])c1)c1cccc(F)c1. The molecule has 1 aliphatic heterocycles. The van der Waals surface area contributed by atoms with E-state index in [4.69, 9.17) is 4.74 Å². The maximum atomic E-state index is 13.6. The summed E-state index contributed by atoms with van der Waals surface area (Å²) >= 11 is 0. The summed E-state index contributed by atoms with van der Waals surface area (Å²) in [5.41, 5.74) is 1.30. The van der Waals surface area contributed by atoms with Crippen LogP contribution in [0.1, 0.15) is 22.0 Å². The van der Waals surface area contributed by atoms with Gasteiger partial charge < -0.3 is 19.9 Å². The van der Waals surface area contributed by atoms with Crippen molar-refractivity contribution in [3.63, 3.8) is 0 Å². The largest absolute Gasteiger partial charge is 0.378 e. The minimum absolute atomic E-state index is 0.112. The van der Waals surface area contributed by atoms with Gasteiger partial charge in [-0.1, -0.05) is 12.1 Å². The molecule has 0 saturated carbocycles. The van der Waals surface area contributed by atoms with Crippen molar-refractivity contribution in [2.45, 2.75) is 6.04 Å². The average molecular weight is 416 g/mol. The Labute approximate surface area is 174 Å². The lowest BCUT2D eigenvalue weighted by molar-refractivity contribution is -0.384. The van der Waals surface area contributed by atoms with Crippen LogP contribution in [0.4, 0.5) is 15.8 Å². The van der Waals surface area contributed by atoms with Gasteiger partial charge in [-0.2, -0.15) is 0 Å². The first-order valence-electron chi connectivity index (χ1n) is 9.68. The van der Waals surface area contributed by atoms with E-state index in [-0.39, 0.29) is 29.7 Å². The third-order valence-electron chi connectivity index (χ3n) is 5.10. The van der Waals surface area contributed by atoms with Crippen molar-refractivity contribution < 1.29 is 18.8 Å². The van der Waals surface area contributed by atoms with E-state index in [1.165, 1.54) is 18.2 Å². The van der Waals surface area contributed by atoms with Crippen LogP contribution in [0.3, 0.4) is 0 Å². The monoisotopic (exact) mass is 416 g/mol. The number of nitrogens with one attached hydrogen (secondary N) is 1. The number of nitro benzene ring substituents is 1. The Hall–Kier alpha value is -3.04. The highest BCUT2D eigenvalue weighted by Gasteiger charge is 2.24. The summed E-state index contributed by atoms with van der Waals surface area (Å²) in [5.74, 6) is -0.769. The Kier molecular flexibility index (Phi) is 6.96. The molecule has 8 nitrogen and oxygen atoms in total. The Morgan fingerprint density at radius 1 is 1.27 bits per heavy atom. The molecule has 9 heteroatoms. The van der Waals surface area contributed by atoms with Crippen molar-refractivity contribution in [2.24, 2.45) is 0 Å². The summed E-state index contributed by atoms with van der Waals surface area (Å²) < 4.78 is 18.9. The van der Waals surface area contributed by atoms with Crippen LogP contribution in [0.25, 0.3) is 0 Å². The highest BCUT2D eigenvalue weighted by atomic mass is 19.1. The van der Waals surface area contributed by atoms with E-state index in [1.807, 2.05) is 23.9 Å². The number of ether oxygens (including phenoxy) is 1. The minimum Gasteiger partial charge on any atom is -0.378 e. The summed E-state index contributed by atoms with van der Waals surface area (Å²) in [4.78, 5) is 27.5. The van der Waals surface area contributed by atoms with E-state index >= 15 is 0 Å². The van der Waals surface area contributed by atoms with Crippen molar-refractivity contribution in [3.05, 3.63) is 69.5 Å². The summed E-state index contributed by atoms with van der Waals surface area (Å²) in [6.45, 7) is 2.36. The number of anilines is 1. The molecule has 0 unspecified atom stereocenters. The number of hydrogen-bond donors (Lipinski definition) is 1. The first kappa shape index (κ1) is 21.7. The first-order valence-corrected chi connectivity index (χ1v) is 9.68. The molecular weight excluding hydrogens is 391 g/mol. The van der Waals surface area contributed by atoms with Crippen LogP contribution < -0.4 is 10.2 Å². The molecule has 30 heavy (non-hydrogen) atoms. The Balaban J connectivity index is 1.75. The van der Waals surface area contributed by atoms with Crippen LogP contribution in [0.5, 0.6) is 0 Å². The second-order valence-corrected chi connectivity index (χ2v) is 7.30. The molecule has 1 saturated heterocycles. The van der Waals surface area contributed by atoms with Crippen LogP contribution in [-0.2, 0) is 4.74 Å². The molecule has 1 fully saturated rings. The topological polar surface area (TPSA) is 88.0 Å². The number of carbonyl (C=O) groups excluding carboxylic acids is 1. The highest BCUT2D eigenvalue weighted by Crippen LogP contribution is 2.30. The molecule has 1 heterocycles. The van der Waals surface area contributed by atoms with Gasteiger partial charge in [0.25, 0.3) is 11.6 Å². The van der Waals surface area contributed by atoms with E-state index in [2.05, 4.69) is 5.32 Å². The lowest BCUT2D eigenvalue weighted by Gasteiger charge is -2.28. The molecule has 0 radical (unpaired) electrons. The van der Waals surface area contributed by atoms with Crippen molar-refractivity contribution >= 4 is 17.3 Å². The molecule has 2 aromatic carbocycles. The molecule has 0 aliphatic carbocycles. The van der Waals surface area contributed by atoms with E-state index in [9.17, 15) is 19.3 Å². The fraction of sp³-hybridized carbons (Fsp3) is 0.381. The van der Waals surface area contributed by atoms with Gasteiger partial charge in [-0.3, -0.25) is 14.9 Å². The van der Waals surface area contributed by atoms with Crippen molar-refractivity contribution in [1.29, 1.82) is 0 Å². The first-order chi connectivity index (χ1) is 14.4. The van der Waals surface area contributed by atoms with Gasteiger partial charge in [-0.15, -0.1) is 0 Å². The lowest BCUT2D eigenvalue weighted by Crippen LogP contribution is -2.37. The second kappa shape index (κ2) is 9.64. The number of rotatable bonds is 7. The number of nitro groups is 1. The summed E-state index contributed by atoms with van der Waals surface area (Å²) in [7, 11) is 3.67. The highest BCUT2D eigenvalue weighted by molar-refractivity contribution is 5.95. The van der Waals surface area contributed by atoms with Crippen LogP contribution >= 0.6 is 0 Å². The molecule has 1 amide bonds. The predicted molar refractivity (Wildman–Crippen MR) is 111 cm³/mol. The number of carbonyl (C=O) groups is 1. The average Bonchev–Trinajstić information content (AvgIpc) is 2.73. The third kappa shape index (κ3) is 5.11. The van der Waals surface area contributed by atoms with Gasteiger partial charge in [-0.25, -0.2) is 4.39 Å². The Morgan fingerprint density at radius 3 is 2.63 bits per heavy atom. The molecule has 2 aromatic rings. The number of likely N-dealkylation sites (N-methyl/N-ethyl adjacent to an activating group) is 1. The third-order valence-corrected chi connectivity index (χ3v) is 5.10. The minimum atomic E-state index is -0.475. The van der Waals surface area contributed by atoms with Gasteiger partial charge in [0.15, 0.2) is 0 Å². The normalized spacial score (nSPS) is 15.1. The summed E-state index contributed by atoms with van der Waals surface area (Å²) in [6, 6.07) is 10.5. The van der Waals surface area contributed by atoms with Gasteiger partial charge in [0.05, 0.1) is 24.2 Å². The fourth-order valence-electron chi connectivity index (χ4n) is 3.49. The molecule has 0 spiro atoms. The van der Waals surface area contributed by atoms with Crippen molar-refractivity contribution in [3.8, 4) is 0 Å². The molecule has 1 N–H and O–H groups in total. The quantitative estimate of drug-likeness (QED) is 0.551. The summed E-state index contributed by atoms with van der Waals surface area (Å²) in [6.07, 6.45) is 0. The van der Waals surface area contributed by atoms with Gasteiger partial charge in [0, 0.05) is 31.3 Å². The number of morpholine rings is 1. The van der Waals surface area contributed by atoms with Crippen LogP contribution in [0.2, 0.25) is 0 Å². The molecule has 1 atom stereocenters. The van der Waals surface area contributed by atoms with Gasteiger partial charge in [-0.05, 0) is 43.9 Å². The predicted octanol–water partition coefficient (Wildman–Crippen LogP) is 2.60. The molecule has 0 aromatic heterocycles. The van der Waals surface area contributed by atoms with Crippen LogP contribution in [-0.4, -0.2) is 62.7 Å². The molecule has 3 rings (SSSR count). The Morgan fingerprint density at radius 2 is 2.00 bits per heavy atom. The maximum Gasteiger partial charge on any atom is 0.293 e. The van der Waals surface area contributed by atoms with Gasteiger partial charge in [0.2, 0.25) is 0 Å².